The van der Waals surface area contributed by atoms with Crippen LogP contribution in [-0.4, -0.2) is 4.57 Å². The lowest BCUT2D eigenvalue weighted by Gasteiger charge is -1.98. The van der Waals surface area contributed by atoms with E-state index in [-0.39, 0.29) is 0 Å². The molecule has 0 saturated carbocycles. The fourth-order valence-electron chi connectivity index (χ4n) is 2.65. The van der Waals surface area contributed by atoms with E-state index in [1.807, 2.05) is 0 Å². The molecule has 1 aliphatic rings. The van der Waals surface area contributed by atoms with Crippen LogP contribution >= 0.6 is 0 Å². The summed E-state index contributed by atoms with van der Waals surface area (Å²) in [4.78, 5) is 0. The molecular weight excluding hydrogens is 194 g/mol. The van der Waals surface area contributed by atoms with E-state index in [2.05, 4.69) is 59.3 Å². The predicted molar refractivity (Wildman–Crippen MR) is 68.5 cm³/mol. The van der Waals surface area contributed by atoms with Gasteiger partial charge in [-0.25, -0.2) is 0 Å². The first kappa shape index (κ1) is 8.17. The van der Waals surface area contributed by atoms with Gasteiger partial charge in [0.05, 0.1) is 0 Å². The van der Waals surface area contributed by atoms with E-state index in [0.717, 1.165) is 6.54 Å². The van der Waals surface area contributed by atoms with Crippen molar-refractivity contribution in [2.75, 3.05) is 0 Å². The fraction of sp³-hybridized carbons (Fsp3) is 0.0667. The fourth-order valence-corrected chi connectivity index (χ4v) is 2.65. The highest BCUT2D eigenvalue weighted by atomic mass is 15.0. The Balaban J connectivity index is 2.27. The van der Waals surface area contributed by atoms with Gasteiger partial charge < -0.3 is 4.57 Å². The van der Waals surface area contributed by atoms with Crippen LogP contribution in [0.4, 0.5) is 0 Å². The molecule has 0 amide bonds. The lowest BCUT2D eigenvalue weighted by molar-refractivity contribution is 0.852. The molecule has 1 aliphatic heterocycles. The third kappa shape index (κ3) is 0.904. The van der Waals surface area contributed by atoms with Crippen molar-refractivity contribution in [3.8, 4) is 0 Å². The van der Waals surface area contributed by atoms with Gasteiger partial charge in [0.1, 0.15) is 0 Å². The lowest BCUT2D eigenvalue weighted by atomic mass is 10.0. The quantitative estimate of drug-likeness (QED) is 0.525. The van der Waals surface area contributed by atoms with Crippen LogP contribution < -0.4 is 0 Å². The molecule has 3 aromatic rings. The molecule has 0 bridgehead atoms. The van der Waals surface area contributed by atoms with Gasteiger partial charge >= 0.3 is 0 Å². The summed E-state index contributed by atoms with van der Waals surface area (Å²) in [6, 6.07) is 13.0. The SMILES string of the molecule is C1=Cc2c3ccc4ccccc4c3cn2C1. The Hall–Kier alpha value is -2.02. The molecule has 0 saturated heterocycles. The standard InChI is InChI=1S/C15H11N/c1-2-5-12-11(4-1)7-8-13-14(12)10-16-9-3-6-15(13)16/h1-8,10H,9H2. The van der Waals surface area contributed by atoms with E-state index in [4.69, 9.17) is 0 Å². The molecule has 16 heavy (non-hydrogen) atoms. The zero-order valence-corrected chi connectivity index (χ0v) is 8.85. The van der Waals surface area contributed by atoms with Crippen LogP contribution in [0.15, 0.2) is 48.7 Å². The molecule has 4 rings (SSSR count). The van der Waals surface area contributed by atoms with Crippen LogP contribution in [0.1, 0.15) is 5.69 Å². The third-order valence-corrected chi connectivity index (χ3v) is 3.42. The number of rotatable bonds is 0. The first-order valence-corrected chi connectivity index (χ1v) is 5.60. The molecule has 0 fully saturated rings. The molecule has 0 radical (unpaired) electrons. The first-order chi connectivity index (χ1) is 7.93. The summed E-state index contributed by atoms with van der Waals surface area (Å²) in [5.41, 5.74) is 1.35. The Bertz CT molecular complexity index is 732. The van der Waals surface area contributed by atoms with Gasteiger partial charge in [0, 0.05) is 29.2 Å². The molecule has 1 heteroatoms. The highest BCUT2D eigenvalue weighted by molar-refractivity contribution is 6.10. The van der Waals surface area contributed by atoms with Gasteiger partial charge in [0.25, 0.3) is 0 Å². The second-order valence-electron chi connectivity index (χ2n) is 4.32. The second kappa shape index (κ2) is 2.76. The molecule has 0 aliphatic carbocycles. The lowest BCUT2D eigenvalue weighted by Crippen LogP contribution is -1.87. The van der Waals surface area contributed by atoms with Crippen molar-refractivity contribution < 1.29 is 0 Å². The van der Waals surface area contributed by atoms with Crippen LogP contribution in [0.2, 0.25) is 0 Å². The smallest absolute Gasteiger partial charge is 0.0487 e. The number of allylic oxidation sites excluding steroid dienone is 1. The average Bonchev–Trinajstić information content (AvgIpc) is 2.88. The highest BCUT2D eigenvalue weighted by Crippen LogP contribution is 2.31. The molecule has 0 atom stereocenters. The van der Waals surface area contributed by atoms with Crippen LogP contribution in [0.25, 0.3) is 27.6 Å². The molecule has 2 heterocycles. The summed E-state index contributed by atoms with van der Waals surface area (Å²) in [6.45, 7) is 1.01. The number of benzene rings is 2. The van der Waals surface area contributed by atoms with Gasteiger partial charge in [0.2, 0.25) is 0 Å². The summed E-state index contributed by atoms with van der Waals surface area (Å²) in [7, 11) is 0. The van der Waals surface area contributed by atoms with Gasteiger partial charge in [-0.3, -0.25) is 0 Å². The topological polar surface area (TPSA) is 4.93 Å². The second-order valence-corrected chi connectivity index (χ2v) is 4.32. The third-order valence-electron chi connectivity index (χ3n) is 3.42. The molecular formula is C15H11N. The Kier molecular flexibility index (Phi) is 1.41. The minimum atomic E-state index is 1.01. The maximum atomic E-state index is 2.32. The minimum absolute atomic E-state index is 1.01. The van der Waals surface area contributed by atoms with Crippen molar-refractivity contribution >= 4 is 27.6 Å². The number of fused-ring (bicyclic) bond motifs is 5. The molecule has 0 unspecified atom stereocenters. The zero-order chi connectivity index (χ0) is 10.5. The molecule has 1 aromatic heterocycles. The maximum Gasteiger partial charge on any atom is 0.0487 e. The largest absolute Gasteiger partial charge is 0.343 e. The van der Waals surface area contributed by atoms with Crippen LogP contribution in [0, 0.1) is 0 Å². The van der Waals surface area contributed by atoms with Crippen molar-refractivity contribution in [3.63, 3.8) is 0 Å². The Labute approximate surface area is 93.6 Å². The Morgan fingerprint density at radius 2 is 1.81 bits per heavy atom. The van der Waals surface area contributed by atoms with E-state index >= 15 is 0 Å². The number of hydrogen-bond donors (Lipinski definition) is 0. The number of hydrogen-bond acceptors (Lipinski definition) is 0. The minimum Gasteiger partial charge on any atom is -0.343 e. The normalized spacial score (nSPS) is 13.8. The van der Waals surface area contributed by atoms with Crippen molar-refractivity contribution in [1.82, 2.24) is 4.57 Å². The summed E-state index contributed by atoms with van der Waals surface area (Å²) in [5.74, 6) is 0. The average molecular weight is 205 g/mol. The van der Waals surface area contributed by atoms with Crippen molar-refractivity contribution in [1.29, 1.82) is 0 Å². The Morgan fingerprint density at radius 1 is 0.875 bits per heavy atom. The van der Waals surface area contributed by atoms with E-state index in [1.165, 1.54) is 27.2 Å². The summed E-state index contributed by atoms with van der Waals surface area (Å²) in [6.07, 6.45) is 6.70. The van der Waals surface area contributed by atoms with Gasteiger partial charge in [0.15, 0.2) is 0 Å². The molecule has 1 nitrogen and oxygen atoms in total. The van der Waals surface area contributed by atoms with Crippen molar-refractivity contribution in [2.24, 2.45) is 0 Å². The van der Waals surface area contributed by atoms with Gasteiger partial charge in [-0.05, 0) is 16.8 Å². The van der Waals surface area contributed by atoms with Gasteiger partial charge in [-0.1, -0.05) is 42.5 Å². The Morgan fingerprint density at radius 3 is 2.81 bits per heavy atom. The molecule has 0 spiro atoms. The monoisotopic (exact) mass is 205 g/mol. The highest BCUT2D eigenvalue weighted by Gasteiger charge is 2.11. The van der Waals surface area contributed by atoms with Crippen LogP contribution in [-0.2, 0) is 6.54 Å². The van der Waals surface area contributed by atoms with Crippen molar-refractivity contribution in [3.05, 3.63) is 54.4 Å². The summed E-state index contributed by atoms with van der Waals surface area (Å²) < 4.78 is 2.32. The van der Waals surface area contributed by atoms with E-state index in [0.29, 0.717) is 0 Å². The zero-order valence-electron chi connectivity index (χ0n) is 8.85. The van der Waals surface area contributed by atoms with Crippen molar-refractivity contribution in [2.45, 2.75) is 6.54 Å². The number of nitrogens with zero attached hydrogens (tertiary/aromatic N) is 1. The predicted octanol–water partition coefficient (Wildman–Crippen LogP) is 3.82. The van der Waals surface area contributed by atoms with E-state index in [1.54, 1.807) is 0 Å². The van der Waals surface area contributed by atoms with E-state index in [9.17, 15) is 0 Å². The maximum absolute atomic E-state index is 2.32. The molecule has 76 valence electrons. The molecule has 0 N–H and O–H groups in total. The van der Waals surface area contributed by atoms with Gasteiger partial charge in [-0.15, -0.1) is 0 Å². The van der Waals surface area contributed by atoms with Crippen LogP contribution in [0.5, 0.6) is 0 Å². The first-order valence-electron chi connectivity index (χ1n) is 5.60. The summed E-state index contributed by atoms with van der Waals surface area (Å²) in [5, 5.41) is 5.42. The van der Waals surface area contributed by atoms with E-state index < -0.39 is 0 Å². The van der Waals surface area contributed by atoms with Gasteiger partial charge in [-0.2, -0.15) is 0 Å². The molecule has 2 aromatic carbocycles. The summed E-state index contributed by atoms with van der Waals surface area (Å²) >= 11 is 0. The van der Waals surface area contributed by atoms with Crippen LogP contribution in [0.3, 0.4) is 0 Å². The number of aromatic nitrogens is 1.